The molecule has 8 nitrogen and oxygen atoms in total. The number of azo groups is 1. The Morgan fingerprint density at radius 3 is 2.62 bits per heavy atom. The van der Waals surface area contributed by atoms with Crippen LogP contribution in [0.4, 0.5) is 17.1 Å². The van der Waals surface area contributed by atoms with Crippen molar-refractivity contribution < 1.29 is 19.5 Å². The minimum atomic E-state index is -0.537. The van der Waals surface area contributed by atoms with Crippen molar-refractivity contribution in [3.8, 4) is 11.5 Å². The standard InChI is InChI=1S/C16H15N3O5/c1-9-11-7-15(20)13(8-16(11)24-10(2)23-9)18-17-12-5-3-4-6-14(12)19(21)22/h3-10,20H,1-2H3. The van der Waals surface area contributed by atoms with Gasteiger partial charge in [-0.2, -0.15) is 0 Å². The van der Waals surface area contributed by atoms with E-state index in [-0.39, 0.29) is 28.9 Å². The summed E-state index contributed by atoms with van der Waals surface area (Å²) in [6.07, 6.45) is -0.645. The van der Waals surface area contributed by atoms with Crippen molar-refractivity contribution in [3.63, 3.8) is 0 Å². The minimum absolute atomic E-state index is 0.102. The molecule has 24 heavy (non-hydrogen) atoms. The van der Waals surface area contributed by atoms with E-state index < -0.39 is 11.2 Å². The van der Waals surface area contributed by atoms with Gasteiger partial charge in [0.05, 0.1) is 11.0 Å². The lowest BCUT2D eigenvalue weighted by atomic mass is 10.1. The molecular formula is C16H15N3O5. The van der Waals surface area contributed by atoms with Gasteiger partial charge in [0, 0.05) is 17.7 Å². The molecule has 0 fully saturated rings. The van der Waals surface area contributed by atoms with Crippen LogP contribution in [0.5, 0.6) is 11.5 Å². The third-order valence-electron chi connectivity index (χ3n) is 3.58. The van der Waals surface area contributed by atoms with E-state index in [4.69, 9.17) is 9.47 Å². The largest absolute Gasteiger partial charge is 0.506 e. The molecule has 1 N–H and O–H groups in total. The molecule has 124 valence electrons. The second kappa shape index (κ2) is 6.25. The molecule has 2 atom stereocenters. The van der Waals surface area contributed by atoms with E-state index in [1.165, 1.54) is 18.2 Å². The molecule has 2 aromatic rings. The van der Waals surface area contributed by atoms with E-state index in [0.717, 1.165) is 0 Å². The molecule has 0 amide bonds. The molecule has 1 aliphatic rings. The highest BCUT2D eigenvalue weighted by molar-refractivity contribution is 5.60. The highest BCUT2D eigenvalue weighted by Crippen LogP contribution is 2.42. The summed E-state index contributed by atoms with van der Waals surface area (Å²) in [6, 6.07) is 9.02. The van der Waals surface area contributed by atoms with Crippen LogP contribution in [-0.4, -0.2) is 16.3 Å². The molecule has 0 radical (unpaired) electrons. The average molecular weight is 329 g/mol. The zero-order chi connectivity index (χ0) is 17.3. The van der Waals surface area contributed by atoms with Gasteiger partial charge >= 0.3 is 0 Å². The molecule has 0 spiro atoms. The van der Waals surface area contributed by atoms with Crippen LogP contribution in [0.25, 0.3) is 0 Å². The topological polar surface area (TPSA) is 107 Å². The molecule has 0 aliphatic carbocycles. The Kier molecular flexibility index (Phi) is 4.13. The van der Waals surface area contributed by atoms with Gasteiger partial charge in [0.15, 0.2) is 12.0 Å². The monoisotopic (exact) mass is 329 g/mol. The second-order valence-corrected chi connectivity index (χ2v) is 5.29. The zero-order valence-electron chi connectivity index (χ0n) is 13.0. The number of phenols is 1. The Balaban J connectivity index is 1.97. The maximum absolute atomic E-state index is 11.0. The summed E-state index contributed by atoms with van der Waals surface area (Å²) in [4.78, 5) is 10.4. The van der Waals surface area contributed by atoms with E-state index >= 15 is 0 Å². The molecule has 0 bridgehead atoms. The van der Waals surface area contributed by atoms with Gasteiger partial charge in [0.2, 0.25) is 0 Å². The molecule has 2 aromatic carbocycles. The van der Waals surface area contributed by atoms with Gasteiger partial charge in [-0.1, -0.05) is 12.1 Å². The summed E-state index contributed by atoms with van der Waals surface area (Å²) in [7, 11) is 0. The first-order chi connectivity index (χ1) is 11.5. The first kappa shape index (κ1) is 15.9. The fourth-order valence-electron chi connectivity index (χ4n) is 2.45. The first-order valence-corrected chi connectivity index (χ1v) is 7.30. The summed E-state index contributed by atoms with van der Waals surface area (Å²) >= 11 is 0. The predicted molar refractivity (Wildman–Crippen MR) is 85.0 cm³/mol. The lowest BCUT2D eigenvalue weighted by Crippen LogP contribution is -2.24. The maximum Gasteiger partial charge on any atom is 0.296 e. The smallest absolute Gasteiger partial charge is 0.296 e. The molecule has 8 heteroatoms. The highest BCUT2D eigenvalue weighted by atomic mass is 16.7. The van der Waals surface area contributed by atoms with E-state index in [1.807, 2.05) is 6.92 Å². The van der Waals surface area contributed by atoms with Crippen molar-refractivity contribution in [3.05, 3.63) is 52.1 Å². The van der Waals surface area contributed by atoms with Crippen LogP contribution in [0.3, 0.4) is 0 Å². The molecule has 0 saturated heterocycles. The van der Waals surface area contributed by atoms with E-state index in [2.05, 4.69) is 10.2 Å². The van der Waals surface area contributed by atoms with Gasteiger partial charge in [-0.25, -0.2) is 0 Å². The van der Waals surface area contributed by atoms with Crippen molar-refractivity contribution in [2.75, 3.05) is 0 Å². The van der Waals surface area contributed by atoms with Crippen LogP contribution < -0.4 is 4.74 Å². The highest BCUT2D eigenvalue weighted by Gasteiger charge is 2.25. The summed E-state index contributed by atoms with van der Waals surface area (Å²) in [5.41, 5.74) is 0.805. The first-order valence-electron chi connectivity index (χ1n) is 7.30. The van der Waals surface area contributed by atoms with Crippen LogP contribution in [-0.2, 0) is 4.74 Å². The maximum atomic E-state index is 11.0. The Labute approximate surface area is 137 Å². The molecule has 1 aliphatic heterocycles. The molecule has 3 rings (SSSR count). The van der Waals surface area contributed by atoms with Crippen molar-refractivity contribution >= 4 is 17.1 Å². The number of nitro benzene ring substituents is 1. The van der Waals surface area contributed by atoms with Crippen LogP contribution in [0.2, 0.25) is 0 Å². The summed E-state index contributed by atoms with van der Waals surface area (Å²) in [5, 5.41) is 28.9. The van der Waals surface area contributed by atoms with Crippen molar-refractivity contribution in [2.24, 2.45) is 10.2 Å². The van der Waals surface area contributed by atoms with Crippen molar-refractivity contribution in [1.82, 2.24) is 0 Å². The second-order valence-electron chi connectivity index (χ2n) is 5.29. The number of nitrogens with zero attached hydrogens (tertiary/aromatic N) is 3. The predicted octanol–water partition coefficient (Wildman–Crippen LogP) is 4.53. The molecular weight excluding hydrogens is 314 g/mol. The summed E-state index contributed by atoms with van der Waals surface area (Å²) in [6.45, 7) is 3.62. The Morgan fingerprint density at radius 1 is 1.17 bits per heavy atom. The van der Waals surface area contributed by atoms with Gasteiger partial charge < -0.3 is 14.6 Å². The molecule has 0 aromatic heterocycles. The molecule has 1 heterocycles. The number of hydrogen-bond acceptors (Lipinski definition) is 7. The van der Waals surface area contributed by atoms with Crippen LogP contribution in [0.1, 0.15) is 25.5 Å². The van der Waals surface area contributed by atoms with Crippen molar-refractivity contribution in [2.45, 2.75) is 26.2 Å². The number of aromatic hydroxyl groups is 1. The lowest BCUT2D eigenvalue weighted by molar-refractivity contribution is -0.384. The van der Waals surface area contributed by atoms with Crippen molar-refractivity contribution in [1.29, 1.82) is 0 Å². The quantitative estimate of drug-likeness (QED) is 0.505. The Bertz CT molecular complexity index is 821. The number of phenolic OH excluding ortho intramolecular Hbond substituents is 1. The van der Waals surface area contributed by atoms with Gasteiger partial charge in [-0.15, -0.1) is 10.2 Å². The number of benzene rings is 2. The number of nitro groups is 1. The van der Waals surface area contributed by atoms with Crippen LogP contribution in [0, 0.1) is 10.1 Å². The Morgan fingerprint density at radius 2 is 1.88 bits per heavy atom. The zero-order valence-corrected chi connectivity index (χ0v) is 13.0. The summed E-state index contributed by atoms with van der Waals surface area (Å²) in [5.74, 6) is 0.431. The number of para-hydroxylation sites is 1. The fraction of sp³-hybridized carbons (Fsp3) is 0.250. The van der Waals surface area contributed by atoms with Gasteiger partial charge in [-0.05, 0) is 26.0 Å². The molecule has 2 unspecified atom stereocenters. The normalized spacial score (nSPS) is 19.8. The third kappa shape index (κ3) is 3.04. The third-order valence-corrected chi connectivity index (χ3v) is 3.58. The van der Waals surface area contributed by atoms with Crippen LogP contribution in [0.15, 0.2) is 46.6 Å². The number of fused-ring (bicyclic) bond motifs is 1. The van der Waals surface area contributed by atoms with Gasteiger partial charge in [-0.3, -0.25) is 10.1 Å². The number of ether oxygens (including phenoxy) is 2. The number of rotatable bonds is 3. The SMILES string of the molecule is CC1Oc2cc(N=Nc3ccccc3[N+](=O)[O-])c(O)cc2C(C)O1. The molecule has 0 saturated carbocycles. The average Bonchev–Trinajstić information content (AvgIpc) is 2.54. The van der Waals surface area contributed by atoms with E-state index in [9.17, 15) is 15.2 Å². The summed E-state index contributed by atoms with van der Waals surface area (Å²) < 4.78 is 11.1. The van der Waals surface area contributed by atoms with E-state index in [0.29, 0.717) is 11.3 Å². The van der Waals surface area contributed by atoms with Gasteiger partial charge in [0.25, 0.3) is 5.69 Å². The Hall–Kier alpha value is -3.00. The number of hydrogen-bond donors (Lipinski definition) is 1. The van der Waals surface area contributed by atoms with E-state index in [1.54, 1.807) is 25.1 Å². The lowest BCUT2D eigenvalue weighted by Gasteiger charge is -2.29. The minimum Gasteiger partial charge on any atom is -0.506 e. The van der Waals surface area contributed by atoms with Crippen LogP contribution >= 0.6 is 0 Å². The van der Waals surface area contributed by atoms with Gasteiger partial charge in [0.1, 0.15) is 17.2 Å². The fourth-order valence-corrected chi connectivity index (χ4v) is 2.45.